The third-order valence-corrected chi connectivity index (χ3v) is 5.83. The Kier molecular flexibility index (Phi) is 7.13. The lowest BCUT2D eigenvalue weighted by Gasteiger charge is -2.32. The van der Waals surface area contributed by atoms with Crippen LogP contribution in [0, 0.1) is 18.3 Å². The summed E-state index contributed by atoms with van der Waals surface area (Å²) in [4.78, 5) is 16.6. The molecule has 1 aliphatic heterocycles. The highest BCUT2D eigenvalue weighted by Crippen LogP contribution is 2.30. The van der Waals surface area contributed by atoms with E-state index in [1.54, 1.807) is 6.07 Å². The maximum atomic E-state index is 12.4. The summed E-state index contributed by atoms with van der Waals surface area (Å²) in [6, 6.07) is 16.1. The van der Waals surface area contributed by atoms with Gasteiger partial charge in [0.25, 0.3) is 0 Å². The molecule has 1 atom stereocenters. The molecule has 1 N–H and O–H groups in total. The van der Waals surface area contributed by atoms with E-state index in [0.717, 1.165) is 12.1 Å². The monoisotopic (exact) mass is 411 g/mol. The minimum Gasteiger partial charge on any atom is -0.396 e. The van der Waals surface area contributed by atoms with E-state index in [2.05, 4.69) is 30.0 Å². The standard InChI is InChI=1S/C23H26ClN3O2/c1-17-5-2-3-6-19(17)15-27(20-9-8-18(14-25)22(24)13-20)21-10-11-26(16-21)23(29)7-4-12-28/h2-3,5-6,8-9,13,21,28H,4,7,10-12,15-16H2,1H3. The average Bonchev–Trinajstić information content (AvgIpc) is 3.21. The van der Waals surface area contributed by atoms with E-state index < -0.39 is 0 Å². The number of hydrogen-bond acceptors (Lipinski definition) is 4. The van der Waals surface area contributed by atoms with Gasteiger partial charge in [-0.2, -0.15) is 5.26 Å². The summed E-state index contributed by atoms with van der Waals surface area (Å²) >= 11 is 6.31. The molecule has 3 rings (SSSR count). The zero-order valence-corrected chi connectivity index (χ0v) is 17.4. The molecule has 0 radical (unpaired) electrons. The molecule has 29 heavy (non-hydrogen) atoms. The summed E-state index contributed by atoms with van der Waals surface area (Å²) < 4.78 is 0. The fourth-order valence-electron chi connectivity index (χ4n) is 3.79. The van der Waals surface area contributed by atoms with Crippen molar-refractivity contribution in [1.29, 1.82) is 5.26 Å². The number of aliphatic hydroxyl groups excluding tert-OH is 1. The Balaban J connectivity index is 1.86. The van der Waals surface area contributed by atoms with Crippen LogP contribution in [0.4, 0.5) is 5.69 Å². The number of carbonyl (C=O) groups excluding carboxylic acids is 1. The van der Waals surface area contributed by atoms with Crippen LogP contribution in [0.5, 0.6) is 0 Å². The molecule has 1 aliphatic rings. The van der Waals surface area contributed by atoms with Gasteiger partial charge in [-0.05, 0) is 49.1 Å². The average molecular weight is 412 g/mol. The predicted molar refractivity (Wildman–Crippen MR) is 115 cm³/mol. The summed E-state index contributed by atoms with van der Waals surface area (Å²) in [5, 5.41) is 18.6. The van der Waals surface area contributed by atoms with Crippen LogP contribution in [0.2, 0.25) is 5.02 Å². The molecule has 2 aromatic carbocycles. The first-order valence-corrected chi connectivity index (χ1v) is 10.3. The SMILES string of the molecule is Cc1ccccc1CN(c1ccc(C#N)c(Cl)c1)C1CCN(C(=O)CCCO)C1. The lowest BCUT2D eigenvalue weighted by Crippen LogP contribution is -2.38. The van der Waals surface area contributed by atoms with Gasteiger partial charge < -0.3 is 14.9 Å². The number of nitriles is 1. The van der Waals surface area contributed by atoms with E-state index in [9.17, 15) is 10.1 Å². The zero-order valence-electron chi connectivity index (χ0n) is 16.6. The number of amides is 1. The number of aryl methyl sites for hydroxylation is 1. The maximum Gasteiger partial charge on any atom is 0.222 e. The van der Waals surface area contributed by atoms with E-state index in [4.69, 9.17) is 16.7 Å². The van der Waals surface area contributed by atoms with Crippen LogP contribution in [0.25, 0.3) is 0 Å². The number of benzene rings is 2. The van der Waals surface area contributed by atoms with Crippen molar-refractivity contribution in [2.24, 2.45) is 0 Å². The van der Waals surface area contributed by atoms with E-state index in [1.807, 2.05) is 29.2 Å². The summed E-state index contributed by atoms with van der Waals surface area (Å²) in [6.07, 6.45) is 1.75. The van der Waals surface area contributed by atoms with Crippen molar-refractivity contribution < 1.29 is 9.90 Å². The Morgan fingerprint density at radius 2 is 2.14 bits per heavy atom. The lowest BCUT2D eigenvalue weighted by molar-refractivity contribution is -0.130. The summed E-state index contributed by atoms with van der Waals surface area (Å²) in [5.74, 6) is 0.0928. The number of anilines is 1. The highest BCUT2D eigenvalue weighted by molar-refractivity contribution is 6.32. The van der Waals surface area contributed by atoms with Crippen molar-refractivity contribution in [2.45, 2.75) is 38.8 Å². The van der Waals surface area contributed by atoms with Crippen molar-refractivity contribution in [3.8, 4) is 6.07 Å². The van der Waals surface area contributed by atoms with E-state index in [-0.39, 0.29) is 18.6 Å². The van der Waals surface area contributed by atoms with Crippen LogP contribution in [-0.4, -0.2) is 41.7 Å². The molecule has 0 aromatic heterocycles. The topological polar surface area (TPSA) is 67.6 Å². The van der Waals surface area contributed by atoms with Gasteiger partial charge >= 0.3 is 0 Å². The number of likely N-dealkylation sites (tertiary alicyclic amines) is 1. The molecule has 1 unspecified atom stereocenters. The fourth-order valence-corrected chi connectivity index (χ4v) is 4.00. The minimum absolute atomic E-state index is 0.0339. The lowest BCUT2D eigenvalue weighted by atomic mass is 10.1. The van der Waals surface area contributed by atoms with E-state index >= 15 is 0 Å². The molecular formula is C23H26ClN3O2. The summed E-state index contributed by atoms with van der Waals surface area (Å²) in [5.41, 5.74) is 3.84. The molecule has 1 saturated heterocycles. The molecule has 0 bridgehead atoms. The van der Waals surface area contributed by atoms with Gasteiger partial charge in [-0.3, -0.25) is 4.79 Å². The van der Waals surface area contributed by atoms with Gasteiger partial charge in [0.15, 0.2) is 0 Å². The largest absolute Gasteiger partial charge is 0.396 e. The molecule has 1 heterocycles. The molecule has 1 fully saturated rings. The number of carbonyl (C=O) groups is 1. The third kappa shape index (κ3) is 5.09. The van der Waals surface area contributed by atoms with Gasteiger partial charge in [-0.1, -0.05) is 35.9 Å². The highest BCUT2D eigenvalue weighted by Gasteiger charge is 2.31. The van der Waals surface area contributed by atoms with E-state index in [1.165, 1.54) is 11.1 Å². The number of nitrogens with zero attached hydrogens (tertiary/aromatic N) is 3. The number of aliphatic hydroxyl groups is 1. The number of halogens is 1. The van der Waals surface area contributed by atoms with Crippen molar-refractivity contribution in [2.75, 3.05) is 24.6 Å². The summed E-state index contributed by atoms with van der Waals surface area (Å²) in [6.45, 7) is 4.19. The smallest absolute Gasteiger partial charge is 0.222 e. The van der Waals surface area contributed by atoms with Crippen molar-refractivity contribution in [1.82, 2.24) is 4.90 Å². The van der Waals surface area contributed by atoms with Gasteiger partial charge in [0.2, 0.25) is 5.91 Å². The van der Waals surface area contributed by atoms with Crippen LogP contribution >= 0.6 is 11.6 Å². The van der Waals surface area contributed by atoms with Gasteiger partial charge in [-0.15, -0.1) is 0 Å². The Hall–Kier alpha value is -2.55. The van der Waals surface area contributed by atoms with Crippen molar-refractivity contribution >= 4 is 23.2 Å². The first-order valence-electron chi connectivity index (χ1n) is 9.93. The quantitative estimate of drug-likeness (QED) is 0.750. The Morgan fingerprint density at radius 1 is 1.34 bits per heavy atom. The minimum atomic E-state index is 0.0339. The second-order valence-electron chi connectivity index (χ2n) is 7.44. The van der Waals surface area contributed by atoms with Crippen LogP contribution in [0.3, 0.4) is 0 Å². The molecule has 5 nitrogen and oxygen atoms in total. The Morgan fingerprint density at radius 3 is 2.83 bits per heavy atom. The molecule has 0 spiro atoms. The molecule has 6 heteroatoms. The van der Waals surface area contributed by atoms with E-state index in [0.29, 0.717) is 43.1 Å². The van der Waals surface area contributed by atoms with Crippen LogP contribution < -0.4 is 4.90 Å². The van der Waals surface area contributed by atoms with Gasteiger partial charge in [-0.25, -0.2) is 0 Å². The second kappa shape index (κ2) is 9.78. The van der Waals surface area contributed by atoms with Gasteiger partial charge in [0, 0.05) is 44.4 Å². The second-order valence-corrected chi connectivity index (χ2v) is 7.85. The normalized spacial score (nSPS) is 15.9. The fraction of sp³-hybridized carbons (Fsp3) is 0.391. The Bertz CT molecular complexity index is 909. The van der Waals surface area contributed by atoms with Crippen LogP contribution in [0.1, 0.15) is 36.0 Å². The number of hydrogen-bond donors (Lipinski definition) is 1. The molecule has 152 valence electrons. The summed E-state index contributed by atoms with van der Waals surface area (Å²) in [7, 11) is 0. The molecule has 1 amide bonds. The predicted octanol–water partition coefficient (Wildman–Crippen LogP) is 3.90. The first-order chi connectivity index (χ1) is 14.0. The van der Waals surface area contributed by atoms with Crippen LogP contribution in [0.15, 0.2) is 42.5 Å². The third-order valence-electron chi connectivity index (χ3n) is 5.51. The van der Waals surface area contributed by atoms with Crippen molar-refractivity contribution in [3.63, 3.8) is 0 Å². The molecular weight excluding hydrogens is 386 g/mol. The number of rotatable bonds is 7. The van der Waals surface area contributed by atoms with Crippen LogP contribution in [-0.2, 0) is 11.3 Å². The Labute approximate surface area is 177 Å². The molecule has 2 aromatic rings. The molecule has 0 aliphatic carbocycles. The molecule has 0 saturated carbocycles. The van der Waals surface area contributed by atoms with Gasteiger partial charge in [0.1, 0.15) is 6.07 Å². The first kappa shape index (κ1) is 21.2. The van der Waals surface area contributed by atoms with Gasteiger partial charge in [0.05, 0.1) is 10.6 Å². The zero-order chi connectivity index (χ0) is 20.8. The highest BCUT2D eigenvalue weighted by atomic mass is 35.5. The maximum absolute atomic E-state index is 12.4. The van der Waals surface area contributed by atoms with Crippen molar-refractivity contribution in [3.05, 3.63) is 64.2 Å².